The highest BCUT2D eigenvalue weighted by Gasteiger charge is 3.00. The molecule has 0 radical (unpaired) electrons. The molecule has 4 unspecified atom stereocenters. The van der Waals surface area contributed by atoms with Crippen molar-refractivity contribution in [2.75, 3.05) is 0 Å². The predicted octanol–water partition coefficient (Wildman–Crippen LogP) is 2.61. The van der Waals surface area contributed by atoms with E-state index >= 15 is 0 Å². The Labute approximate surface area is 118 Å². The summed E-state index contributed by atoms with van der Waals surface area (Å²) in [6, 6.07) is 0. The lowest BCUT2D eigenvalue weighted by Crippen LogP contribution is -2.64. The van der Waals surface area contributed by atoms with Gasteiger partial charge in [-0.25, -0.2) is 0 Å². The molecule has 20 heavy (non-hydrogen) atoms. The molecule has 7 fully saturated rings. The van der Waals surface area contributed by atoms with Crippen molar-refractivity contribution in [1.82, 2.24) is 0 Å². The molecule has 0 aromatic carbocycles. The second kappa shape index (κ2) is 2.36. The Bertz CT molecular complexity index is 581. The lowest BCUT2D eigenvalue weighted by molar-refractivity contribution is -0.180. The topological polar surface area (TPSA) is 34.1 Å². The summed E-state index contributed by atoms with van der Waals surface area (Å²) in [5, 5.41) is 0. The summed E-state index contributed by atoms with van der Waals surface area (Å²) >= 11 is 0. The van der Waals surface area contributed by atoms with Gasteiger partial charge in [0.2, 0.25) is 0 Å². The van der Waals surface area contributed by atoms with E-state index in [0.717, 1.165) is 19.3 Å². The largest absolute Gasteiger partial charge is 0.299 e. The number of hydrogen-bond acceptors (Lipinski definition) is 2. The monoisotopic (exact) mass is 268 g/mol. The van der Waals surface area contributed by atoms with Gasteiger partial charge in [-0.3, -0.25) is 9.59 Å². The molecule has 7 rings (SSSR count). The zero-order valence-corrected chi connectivity index (χ0v) is 11.7. The molecule has 7 aliphatic carbocycles. The van der Waals surface area contributed by atoms with Gasteiger partial charge in [-0.05, 0) is 54.8 Å². The van der Waals surface area contributed by atoms with E-state index < -0.39 is 0 Å². The first-order valence-corrected chi connectivity index (χ1v) is 8.80. The second-order valence-corrected chi connectivity index (χ2v) is 9.12. The molecule has 0 saturated heterocycles. The fourth-order valence-electron chi connectivity index (χ4n) is 10.1. The number of carbonyl (C=O) groups is 2. The molecular weight excluding hydrogens is 248 g/mol. The zero-order chi connectivity index (χ0) is 13.1. The van der Waals surface area contributed by atoms with Crippen LogP contribution >= 0.6 is 0 Å². The summed E-state index contributed by atoms with van der Waals surface area (Å²) in [6.07, 6.45) is 8.69. The maximum Gasteiger partial charge on any atom is 0.144 e. The molecule has 0 aliphatic heterocycles. The Kier molecular flexibility index (Phi) is 1.20. The lowest BCUT2D eigenvalue weighted by Gasteiger charge is -2.59. The van der Waals surface area contributed by atoms with Gasteiger partial charge < -0.3 is 0 Å². The van der Waals surface area contributed by atoms with E-state index in [9.17, 15) is 9.59 Å². The molecule has 0 aromatic rings. The van der Waals surface area contributed by atoms with Gasteiger partial charge in [-0.15, -0.1) is 0 Å². The minimum absolute atomic E-state index is 0.110. The summed E-state index contributed by atoms with van der Waals surface area (Å²) in [6.45, 7) is 0. The Morgan fingerprint density at radius 3 is 1.65 bits per heavy atom. The SMILES string of the molecule is O=C1[C@H]2[C@H]3C(=O)C45CCCC14C1C5[C@@H]3C3(CCCC3)[C@H]12. The number of hydrogen-bond donors (Lipinski definition) is 0. The summed E-state index contributed by atoms with van der Waals surface area (Å²) in [5.74, 6) is 4.20. The Morgan fingerprint density at radius 1 is 0.650 bits per heavy atom. The van der Waals surface area contributed by atoms with Crippen molar-refractivity contribution in [1.29, 1.82) is 0 Å². The zero-order valence-electron chi connectivity index (χ0n) is 11.7. The first-order valence-electron chi connectivity index (χ1n) is 8.80. The van der Waals surface area contributed by atoms with Gasteiger partial charge in [0.15, 0.2) is 0 Å². The molecule has 2 heteroatoms. The first kappa shape index (κ1) is 10.1. The van der Waals surface area contributed by atoms with Gasteiger partial charge in [0, 0.05) is 22.7 Å². The van der Waals surface area contributed by atoms with Crippen molar-refractivity contribution >= 4 is 11.6 Å². The van der Waals surface area contributed by atoms with Crippen LogP contribution in [0.4, 0.5) is 0 Å². The minimum atomic E-state index is -0.110. The molecule has 0 amide bonds. The maximum absolute atomic E-state index is 13.2. The summed E-state index contributed by atoms with van der Waals surface area (Å²) in [4.78, 5) is 26.5. The maximum atomic E-state index is 13.2. The van der Waals surface area contributed by atoms with Crippen molar-refractivity contribution < 1.29 is 9.59 Å². The van der Waals surface area contributed by atoms with Crippen LogP contribution in [0.3, 0.4) is 0 Å². The van der Waals surface area contributed by atoms with Gasteiger partial charge in [-0.1, -0.05) is 19.3 Å². The number of rotatable bonds is 0. The van der Waals surface area contributed by atoms with Crippen molar-refractivity contribution in [2.45, 2.75) is 44.9 Å². The van der Waals surface area contributed by atoms with Crippen LogP contribution in [0.2, 0.25) is 0 Å². The second-order valence-electron chi connectivity index (χ2n) is 9.12. The van der Waals surface area contributed by atoms with Gasteiger partial charge in [0.25, 0.3) is 0 Å². The fraction of sp³-hybridized carbons (Fsp3) is 0.889. The van der Waals surface area contributed by atoms with Gasteiger partial charge >= 0.3 is 0 Å². The molecule has 0 N–H and O–H groups in total. The predicted molar refractivity (Wildman–Crippen MR) is 70.6 cm³/mol. The molecule has 2 nitrogen and oxygen atoms in total. The van der Waals surface area contributed by atoms with E-state index in [0.29, 0.717) is 40.7 Å². The number of carbonyl (C=O) groups excluding carboxylic acids is 2. The molecule has 0 heterocycles. The molecular formula is C18H20O2. The van der Waals surface area contributed by atoms with Crippen molar-refractivity contribution in [2.24, 2.45) is 51.8 Å². The summed E-state index contributed by atoms with van der Waals surface area (Å²) in [7, 11) is 0. The number of ketones is 2. The Balaban J connectivity index is 1.61. The van der Waals surface area contributed by atoms with E-state index in [-0.39, 0.29) is 22.7 Å². The van der Waals surface area contributed by atoms with E-state index in [1.807, 2.05) is 0 Å². The van der Waals surface area contributed by atoms with E-state index in [1.165, 1.54) is 25.7 Å². The summed E-state index contributed by atoms with van der Waals surface area (Å²) < 4.78 is 0. The van der Waals surface area contributed by atoms with Crippen LogP contribution in [-0.2, 0) is 9.59 Å². The molecule has 8 atom stereocenters. The third kappa shape index (κ3) is 0.531. The van der Waals surface area contributed by atoms with Crippen molar-refractivity contribution in [3.8, 4) is 0 Å². The lowest BCUT2D eigenvalue weighted by atomic mass is 9.41. The van der Waals surface area contributed by atoms with Crippen LogP contribution in [0.1, 0.15) is 44.9 Å². The van der Waals surface area contributed by atoms with Crippen LogP contribution in [0.15, 0.2) is 0 Å². The molecule has 0 aromatic heterocycles. The van der Waals surface area contributed by atoms with Gasteiger partial charge in [0.1, 0.15) is 11.6 Å². The van der Waals surface area contributed by atoms with Crippen molar-refractivity contribution in [3.63, 3.8) is 0 Å². The molecule has 104 valence electrons. The standard InChI is InChI=1S/C18H20O2/c19-14-8-9-11-13-12(10(8)16(11)4-1-2-5-16)17(14)6-3-7-18(13,17)15(9)20/h8-13H,1-7H2/t8-,9+,10-,11+,12?,13?,17?,18?. The average Bonchev–Trinajstić information content (AvgIpc) is 3.18. The average molecular weight is 268 g/mol. The van der Waals surface area contributed by atoms with Gasteiger partial charge in [-0.2, -0.15) is 0 Å². The smallest absolute Gasteiger partial charge is 0.144 e. The highest BCUT2D eigenvalue weighted by Crippen LogP contribution is 2.97. The minimum Gasteiger partial charge on any atom is -0.299 e. The van der Waals surface area contributed by atoms with Crippen LogP contribution in [0.25, 0.3) is 0 Å². The van der Waals surface area contributed by atoms with E-state index in [2.05, 4.69) is 0 Å². The Morgan fingerprint density at radius 2 is 1.15 bits per heavy atom. The third-order valence-corrected chi connectivity index (χ3v) is 9.74. The first-order chi connectivity index (χ1) is 9.72. The van der Waals surface area contributed by atoms with Crippen LogP contribution in [-0.4, -0.2) is 11.6 Å². The van der Waals surface area contributed by atoms with Crippen molar-refractivity contribution in [3.05, 3.63) is 0 Å². The van der Waals surface area contributed by atoms with E-state index in [1.54, 1.807) is 0 Å². The quantitative estimate of drug-likeness (QED) is 0.677. The molecule has 7 saturated carbocycles. The highest BCUT2D eigenvalue weighted by atomic mass is 16.2. The normalized spacial score (nSPS) is 68.6. The molecule has 3 spiro atoms. The number of fused-ring (bicyclic) bond motifs is 1. The highest BCUT2D eigenvalue weighted by molar-refractivity contribution is 6.12. The Hall–Kier alpha value is -0.660. The summed E-state index contributed by atoms with van der Waals surface area (Å²) in [5.41, 5.74) is 0.232. The molecule has 2 bridgehead atoms. The third-order valence-electron chi connectivity index (χ3n) is 9.74. The van der Waals surface area contributed by atoms with Crippen LogP contribution in [0.5, 0.6) is 0 Å². The fourth-order valence-corrected chi connectivity index (χ4v) is 10.1. The molecule has 7 aliphatic rings. The van der Waals surface area contributed by atoms with Crippen LogP contribution < -0.4 is 0 Å². The van der Waals surface area contributed by atoms with Crippen LogP contribution in [0, 0.1) is 51.8 Å². The van der Waals surface area contributed by atoms with Gasteiger partial charge in [0.05, 0.1) is 0 Å². The number of Topliss-reactive ketones (excluding diaryl/α,β-unsaturated/α-hetero) is 2. The van der Waals surface area contributed by atoms with E-state index in [4.69, 9.17) is 0 Å².